The first kappa shape index (κ1) is 23.5. The number of ether oxygens (including phenoxy) is 2. The molecule has 1 atom stereocenters. The first-order valence-electron chi connectivity index (χ1n) is 10.6. The van der Waals surface area contributed by atoms with Crippen molar-refractivity contribution in [1.29, 1.82) is 0 Å². The molecular weight excluding hydrogens is 422 g/mol. The number of rotatable bonds is 7. The molecule has 0 radical (unpaired) electrons. The van der Waals surface area contributed by atoms with E-state index in [0.717, 1.165) is 11.1 Å². The lowest BCUT2D eigenvalue weighted by Gasteiger charge is -2.20. The van der Waals surface area contributed by atoms with Gasteiger partial charge in [-0.3, -0.25) is 4.79 Å². The van der Waals surface area contributed by atoms with E-state index in [2.05, 4.69) is 26.1 Å². The van der Waals surface area contributed by atoms with Crippen molar-refractivity contribution in [2.45, 2.75) is 46.1 Å². The molecule has 1 heterocycles. The molecule has 168 valence electrons. The van der Waals surface area contributed by atoms with Crippen molar-refractivity contribution >= 4 is 28.2 Å². The Balaban J connectivity index is 1.78. The smallest absolute Gasteiger partial charge is 0.341 e. The third kappa shape index (κ3) is 5.56. The van der Waals surface area contributed by atoms with E-state index in [-0.39, 0.29) is 17.9 Å². The molecule has 0 saturated carbocycles. The monoisotopic (exact) mass is 451 g/mol. The maximum absolute atomic E-state index is 12.8. The molecule has 0 aliphatic carbocycles. The molecule has 0 aliphatic heterocycles. The van der Waals surface area contributed by atoms with Crippen LogP contribution in [0.3, 0.4) is 0 Å². The summed E-state index contributed by atoms with van der Waals surface area (Å²) < 4.78 is 11.1. The summed E-state index contributed by atoms with van der Waals surface area (Å²) in [5.74, 6) is -0.187. The molecule has 1 unspecified atom stereocenters. The Bertz CT molecular complexity index is 1070. The second-order valence-corrected chi connectivity index (χ2v) is 9.34. The highest BCUT2D eigenvalue weighted by molar-refractivity contribution is 7.15. The molecule has 2 aromatic carbocycles. The number of nitrogens with one attached hydrogen (secondary N) is 1. The van der Waals surface area contributed by atoms with Crippen LogP contribution in [0.2, 0.25) is 0 Å². The van der Waals surface area contributed by atoms with Gasteiger partial charge in [-0.2, -0.15) is 0 Å². The molecule has 0 saturated heterocycles. The van der Waals surface area contributed by atoms with Gasteiger partial charge >= 0.3 is 5.97 Å². The van der Waals surface area contributed by atoms with Crippen molar-refractivity contribution in [3.63, 3.8) is 0 Å². The molecule has 0 fully saturated rings. The van der Waals surface area contributed by atoms with Gasteiger partial charge in [0.2, 0.25) is 0 Å². The molecule has 1 aromatic heterocycles. The summed E-state index contributed by atoms with van der Waals surface area (Å²) in [5.41, 5.74) is 3.21. The molecular formula is C26H29NO4S. The predicted molar refractivity (Wildman–Crippen MR) is 130 cm³/mol. The van der Waals surface area contributed by atoms with E-state index in [1.54, 1.807) is 13.8 Å². The predicted octanol–water partition coefficient (Wildman–Crippen LogP) is 6.30. The third-order valence-electron chi connectivity index (χ3n) is 4.99. The van der Waals surface area contributed by atoms with Crippen molar-refractivity contribution < 1.29 is 19.1 Å². The van der Waals surface area contributed by atoms with Gasteiger partial charge in [0.05, 0.1) is 6.61 Å². The molecule has 0 aliphatic rings. The van der Waals surface area contributed by atoms with Crippen LogP contribution in [0, 0.1) is 0 Å². The maximum atomic E-state index is 12.8. The number of carbonyl (C=O) groups is 2. The Kier molecular flexibility index (Phi) is 7.36. The van der Waals surface area contributed by atoms with Crippen molar-refractivity contribution in [2.75, 3.05) is 11.9 Å². The van der Waals surface area contributed by atoms with Crippen LogP contribution in [-0.2, 0) is 14.9 Å². The number of amides is 1. The highest BCUT2D eigenvalue weighted by Gasteiger charge is 2.25. The molecule has 32 heavy (non-hydrogen) atoms. The quantitative estimate of drug-likeness (QED) is 0.429. The number of esters is 1. The highest BCUT2D eigenvalue weighted by atomic mass is 32.1. The van der Waals surface area contributed by atoms with Gasteiger partial charge in [-0.25, -0.2) is 4.79 Å². The van der Waals surface area contributed by atoms with E-state index < -0.39 is 12.1 Å². The number of thiophene rings is 1. The molecule has 3 rings (SSSR count). The minimum atomic E-state index is -0.743. The fourth-order valence-electron chi connectivity index (χ4n) is 3.19. The number of benzene rings is 2. The van der Waals surface area contributed by atoms with E-state index in [1.807, 2.05) is 60.0 Å². The molecule has 1 N–H and O–H groups in total. The van der Waals surface area contributed by atoms with Crippen molar-refractivity contribution in [3.05, 3.63) is 71.1 Å². The van der Waals surface area contributed by atoms with Crippen LogP contribution in [0.15, 0.2) is 60.0 Å². The Hall–Kier alpha value is -3.12. The average molecular weight is 452 g/mol. The molecule has 6 heteroatoms. The fourth-order valence-corrected chi connectivity index (χ4v) is 4.15. The second-order valence-electron chi connectivity index (χ2n) is 8.46. The molecule has 3 aromatic rings. The lowest BCUT2D eigenvalue weighted by Crippen LogP contribution is -2.30. The normalized spacial score (nSPS) is 12.2. The van der Waals surface area contributed by atoms with Crippen LogP contribution < -0.4 is 10.1 Å². The van der Waals surface area contributed by atoms with Crippen molar-refractivity contribution in [3.8, 4) is 16.9 Å². The van der Waals surface area contributed by atoms with Crippen molar-refractivity contribution in [2.24, 2.45) is 0 Å². The van der Waals surface area contributed by atoms with Gasteiger partial charge in [0.25, 0.3) is 5.91 Å². The number of hydrogen-bond acceptors (Lipinski definition) is 5. The summed E-state index contributed by atoms with van der Waals surface area (Å²) in [4.78, 5) is 25.5. The summed E-state index contributed by atoms with van der Waals surface area (Å²) in [5, 5.41) is 5.15. The lowest BCUT2D eigenvalue weighted by atomic mass is 9.87. The Morgan fingerprint density at radius 1 is 1.03 bits per heavy atom. The van der Waals surface area contributed by atoms with Gasteiger partial charge in [0.15, 0.2) is 6.10 Å². The summed E-state index contributed by atoms with van der Waals surface area (Å²) in [6.45, 7) is 10.1. The SMILES string of the molecule is CCOC(=O)c1c(-c2ccccc2)csc1NC(=O)C(C)Oc1ccc(C(C)(C)C)cc1. The summed E-state index contributed by atoms with van der Waals surface area (Å²) in [6, 6.07) is 17.3. The summed E-state index contributed by atoms with van der Waals surface area (Å²) in [7, 11) is 0. The fraction of sp³-hybridized carbons (Fsp3) is 0.308. The zero-order valence-corrected chi connectivity index (χ0v) is 19.9. The summed E-state index contributed by atoms with van der Waals surface area (Å²) in [6.07, 6.45) is -0.743. The van der Waals surface area contributed by atoms with Crippen molar-refractivity contribution in [1.82, 2.24) is 0 Å². The van der Waals surface area contributed by atoms with Crippen LogP contribution in [0.4, 0.5) is 5.00 Å². The Morgan fingerprint density at radius 2 is 1.69 bits per heavy atom. The molecule has 1 amide bonds. The van der Waals surface area contributed by atoms with Gasteiger partial charge in [-0.15, -0.1) is 11.3 Å². The first-order chi connectivity index (χ1) is 15.2. The molecule has 0 spiro atoms. The van der Waals surface area contributed by atoms with Crippen LogP contribution in [0.5, 0.6) is 5.75 Å². The largest absolute Gasteiger partial charge is 0.481 e. The first-order valence-corrected chi connectivity index (χ1v) is 11.5. The van der Waals surface area contributed by atoms with Crippen LogP contribution in [-0.4, -0.2) is 24.6 Å². The van der Waals surface area contributed by atoms with Gasteiger partial charge < -0.3 is 14.8 Å². The number of carbonyl (C=O) groups excluding carboxylic acids is 2. The Labute approximate surface area is 193 Å². The second kappa shape index (κ2) is 10.0. The summed E-state index contributed by atoms with van der Waals surface area (Å²) >= 11 is 1.29. The zero-order valence-electron chi connectivity index (χ0n) is 19.1. The molecule has 0 bridgehead atoms. The van der Waals surface area contributed by atoms with Crippen LogP contribution >= 0.6 is 11.3 Å². The highest BCUT2D eigenvalue weighted by Crippen LogP contribution is 2.36. The van der Waals surface area contributed by atoms with E-state index in [1.165, 1.54) is 16.9 Å². The van der Waals surface area contributed by atoms with Crippen LogP contribution in [0.25, 0.3) is 11.1 Å². The number of anilines is 1. The van der Waals surface area contributed by atoms with E-state index in [0.29, 0.717) is 16.3 Å². The third-order valence-corrected chi connectivity index (χ3v) is 5.89. The minimum absolute atomic E-state index is 0.0423. The standard InChI is InChI=1S/C26H29NO4S/c1-6-30-25(29)22-21(18-10-8-7-9-11-18)16-32-24(22)27-23(28)17(2)31-20-14-12-19(13-15-20)26(3,4)5/h7-17H,6H2,1-5H3,(H,27,28). The minimum Gasteiger partial charge on any atom is -0.481 e. The van der Waals surface area contributed by atoms with E-state index >= 15 is 0 Å². The lowest BCUT2D eigenvalue weighted by molar-refractivity contribution is -0.122. The topological polar surface area (TPSA) is 64.6 Å². The average Bonchev–Trinajstić information content (AvgIpc) is 3.18. The number of hydrogen-bond donors (Lipinski definition) is 1. The zero-order chi connectivity index (χ0) is 23.3. The van der Waals surface area contributed by atoms with Gasteiger partial charge in [-0.05, 0) is 42.5 Å². The maximum Gasteiger partial charge on any atom is 0.341 e. The Morgan fingerprint density at radius 3 is 2.28 bits per heavy atom. The van der Waals surface area contributed by atoms with E-state index in [9.17, 15) is 9.59 Å². The van der Waals surface area contributed by atoms with Gasteiger partial charge in [0, 0.05) is 10.9 Å². The van der Waals surface area contributed by atoms with E-state index in [4.69, 9.17) is 9.47 Å². The van der Waals surface area contributed by atoms with Gasteiger partial charge in [-0.1, -0.05) is 63.2 Å². The van der Waals surface area contributed by atoms with Crippen LogP contribution in [0.1, 0.15) is 50.5 Å². The van der Waals surface area contributed by atoms with Gasteiger partial charge in [0.1, 0.15) is 16.3 Å². The molecule has 5 nitrogen and oxygen atoms in total.